The van der Waals surface area contributed by atoms with Gasteiger partial charge in [0.25, 0.3) is 5.91 Å². The lowest BCUT2D eigenvalue weighted by atomic mass is 10.2. The lowest BCUT2D eigenvalue weighted by molar-refractivity contribution is -0.137. The Bertz CT molecular complexity index is 401. The first-order valence-corrected chi connectivity index (χ1v) is 5.11. The minimum Gasteiger partial charge on any atom is -0.480 e. The molecule has 0 aliphatic heterocycles. The molecule has 0 unspecified atom stereocenters. The molecule has 0 bridgehead atoms. The molecule has 0 spiro atoms. The topological polar surface area (TPSA) is 70.5 Å². The Hall–Kier alpha value is -1.91. The van der Waals surface area contributed by atoms with Crippen molar-refractivity contribution in [2.75, 3.05) is 6.54 Å². The molecule has 1 saturated carbocycles. The Balaban J connectivity index is 2.14. The number of nitrogens with zero attached hydrogens (tertiary/aromatic N) is 2. The third-order valence-electron chi connectivity index (χ3n) is 2.46. The smallest absolute Gasteiger partial charge is 0.323 e. The van der Waals surface area contributed by atoms with E-state index in [4.69, 9.17) is 5.11 Å². The maximum atomic E-state index is 12.0. The van der Waals surface area contributed by atoms with E-state index < -0.39 is 5.97 Å². The molecule has 1 amide bonds. The van der Waals surface area contributed by atoms with Crippen molar-refractivity contribution in [2.24, 2.45) is 0 Å². The second-order valence-corrected chi connectivity index (χ2v) is 3.80. The molecule has 0 saturated heterocycles. The maximum Gasteiger partial charge on any atom is 0.323 e. The first-order valence-electron chi connectivity index (χ1n) is 5.11. The number of hydrogen-bond acceptors (Lipinski definition) is 3. The summed E-state index contributed by atoms with van der Waals surface area (Å²) in [5.41, 5.74) is 0.440. The summed E-state index contributed by atoms with van der Waals surface area (Å²) in [7, 11) is 0. The minimum absolute atomic E-state index is 0.0869. The number of rotatable bonds is 4. The molecule has 5 nitrogen and oxygen atoms in total. The average Bonchev–Trinajstić information content (AvgIpc) is 3.10. The molecule has 0 atom stereocenters. The van der Waals surface area contributed by atoms with Crippen molar-refractivity contribution >= 4 is 11.9 Å². The van der Waals surface area contributed by atoms with Crippen LogP contribution in [0.15, 0.2) is 24.5 Å². The van der Waals surface area contributed by atoms with E-state index in [1.807, 2.05) is 0 Å². The largest absolute Gasteiger partial charge is 0.480 e. The fourth-order valence-electron chi connectivity index (χ4n) is 1.55. The zero-order valence-corrected chi connectivity index (χ0v) is 8.67. The monoisotopic (exact) mass is 220 g/mol. The molecule has 2 rings (SSSR count). The second-order valence-electron chi connectivity index (χ2n) is 3.80. The predicted octanol–water partition coefficient (Wildman–Crippen LogP) is 0.771. The minimum atomic E-state index is -0.982. The van der Waals surface area contributed by atoms with Crippen LogP contribution in [-0.4, -0.2) is 39.5 Å². The van der Waals surface area contributed by atoms with Gasteiger partial charge in [0.2, 0.25) is 0 Å². The summed E-state index contributed by atoms with van der Waals surface area (Å²) in [5.74, 6) is -1.23. The first kappa shape index (κ1) is 10.6. The molecule has 5 heteroatoms. The van der Waals surface area contributed by atoms with E-state index in [0.717, 1.165) is 12.8 Å². The quantitative estimate of drug-likeness (QED) is 0.813. The fourth-order valence-corrected chi connectivity index (χ4v) is 1.55. The van der Waals surface area contributed by atoms with Crippen molar-refractivity contribution in [1.29, 1.82) is 0 Å². The van der Waals surface area contributed by atoms with Gasteiger partial charge in [-0.25, -0.2) is 0 Å². The van der Waals surface area contributed by atoms with Crippen molar-refractivity contribution in [3.8, 4) is 0 Å². The van der Waals surface area contributed by atoms with E-state index >= 15 is 0 Å². The Morgan fingerprint density at radius 2 is 2.25 bits per heavy atom. The van der Waals surface area contributed by atoms with Gasteiger partial charge in [-0.1, -0.05) is 0 Å². The molecule has 1 heterocycles. The van der Waals surface area contributed by atoms with E-state index in [1.165, 1.54) is 11.1 Å². The van der Waals surface area contributed by atoms with Gasteiger partial charge in [-0.3, -0.25) is 14.6 Å². The summed E-state index contributed by atoms with van der Waals surface area (Å²) >= 11 is 0. The SMILES string of the molecule is O=C(O)CN(C(=O)c1cccnc1)C1CC1. The Morgan fingerprint density at radius 1 is 1.50 bits per heavy atom. The number of aromatic nitrogens is 1. The van der Waals surface area contributed by atoms with Crippen LogP contribution < -0.4 is 0 Å². The van der Waals surface area contributed by atoms with Gasteiger partial charge in [-0.05, 0) is 25.0 Å². The number of hydrogen-bond donors (Lipinski definition) is 1. The highest BCUT2D eigenvalue weighted by atomic mass is 16.4. The van der Waals surface area contributed by atoms with Crippen LogP contribution in [0.1, 0.15) is 23.2 Å². The van der Waals surface area contributed by atoms with Gasteiger partial charge in [-0.2, -0.15) is 0 Å². The van der Waals surface area contributed by atoms with E-state index in [2.05, 4.69) is 4.98 Å². The summed E-state index contributed by atoms with van der Waals surface area (Å²) in [6.07, 6.45) is 4.81. The molecule has 1 N–H and O–H groups in total. The van der Waals surface area contributed by atoms with Crippen LogP contribution in [0.3, 0.4) is 0 Å². The molecule has 1 aliphatic rings. The van der Waals surface area contributed by atoms with E-state index in [1.54, 1.807) is 18.3 Å². The van der Waals surface area contributed by atoms with Gasteiger partial charge in [0.05, 0.1) is 5.56 Å². The van der Waals surface area contributed by atoms with Crippen LogP contribution in [-0.2, 0) is 4.79 Å². The zero-order chi connectivity index (χ0) is 11.5. The van der Waals surface area contributed by atoms with Crippen molar-refractivity contribution in [2.45, 2.75) is 18.9 Å². The summed E-state index contributed by atoms with van der Waals surface area (Å²) in [5, 5.41) is 8.75. The Labute approximate surface area is 92.7 Å². The summed E-state index contributed by atoms with van der Waals surface area (Å²) in [6.45, 7) is -0.238. The lowest BCUT2D eigenvalue weighted by Crippen LogP contribution is -2.37. The fraction of sp³-hybridized carbons (Fsp3) is 0.364. The number of carboxylic acid groups (broad SMARTS) is 1. The highest BCUT2D eigenvalue weighted by Gasteiger charge is 2.34. The van der Waals surface area contributed by atoms with Crippen molar-refractivity contribution < 1.29 is 14.7 Å². The van der Waals surface area contributed by atoms with Crippen molar-refractivity contribution in [3.63, 3.8) is 0 Å². The second kappa shape index (κ2) is 4.30. The van der Waals surface area contributed by atoms with Crippen LogP contribution in [0.4, 0.5) is 0 Å². The van der Waals surface area contributed by atoms with Crippen LogP contribution in [0.5, 0.6) is 0 Å². The highest BCUT2D eigenvalue weighted by molar-refractivity contribution is 5.95. The van der Waals surface area contributed by atoms with Crippen LogP contribution in [0.25, 0.3) is 0 Å². The molecular formula is C11H12N2O3. The predicted molar refractivity (Wildman–Crippen MR) is 55.9 cm³/mol. The number of carboxylic acids is 1. The van der Waals surface area contributed by atoms with Gasteiger partial charge in [-0.15, -0.1) is 0 Å². The number of aliphatic carboxylic acids is 1. The first-order chi connectivity index (χ1) is 7.68. The van der Waals surface area contributed by atoms with Gasteiger partial charge in [0.1, 0.15) is 6.54 Å². The Morgan fingerprint density at radius 3 is 2.75 bits per heavy atom. The van der Waals surface area contributed by atoms with Gasteiger partial charge in [0.15, 0.2) is 0 Å². The summed E-state index contributed by atoms with van der Waals surface area (Å²) in [4.78, 5) is 27.9. The van der Waals surface area contributed by atoms with E-state index in [9.17, 15) is 9.59 Å². The molecule has 1 aromatic heterocycles. The number of carbonyl (C=O) groups is 2. The normalized spacial score (nSPS) is 14.5. The number of carbonyl (C=O) groups excluding carboxylic acids is 1. The summed E-state index contributed by atoms with van der Waals surface area (Å²) < 4.78 is 0. The van der Waals surface area contributed by atoms with Crippen LogP contribution in [0, 0.1) is 0 Å². The molecule has 0 aromatic carbocycles. The third-order valence-corrected chi connectivity index (χ3v) is 2.46. The lowest BCUT2D eigenvalue weighted by Gasteiger charge is -2.19. The highest BCUT2D eigenvalue weighted by Crippen LogP contribution is 2.27. The third kappa shape index (κ3) is 2.36. The Kier molecular flexibility index (Phi) is 2.85. The molecule has 1 aliphatic carbocycles. The number of amides is 1. The molecule has 1 aromatic rings. The van der Waals surface area contributed by atoms with E-state index in [-0.39, 0.29) is 18.5 Å². The van der Waals surface area contributed by atoms with Crippen LogP contribution >= 0.6 is 0 Å². The van der Waals surface area contributed by atoms with Gasteiger partial charge < -0.3 is 10.0 Å². The van der Waals surface area contributed by atoms with Crippen molar-refractivity contribution in [1.82, 2.24) is 9.88 Å². The molecule has 0 radical (unpaired) electrons. The van der Waals surface area contributed by atoms with Crippen molar-refractivity contribution in [3.05, 3.63) is 30.1 Å². The van der Waals surface area contributed by atoms with Crippen LogP contribution in [0.2, 0.25) is 0 Å². The molecular weight excluding hydrogens is 208 g/mol. The summed E-state index contributed by atoms with van der Waals surface area (Å²) in [6, 6.07) is 3.40. The zero-order valence-electron chi connectivity index (χ0n) is 8.67. The van der Waals surface area contributed by atoms with Gasteiger partial charge >= 0.3 is 5.97 Å². The van der Waals surface area contributed by atoms with E-state index in [0.29, 0.717) is 5.56 Å². The molecule has 16 heavy (non-hydrogen) atoms. The van der Waals surface area contributed by atoms with Gasteiger partial charge in [0, 0.05) is 18.4 Å². The number of pyridine rings is 1. The maximum absolute atomic E-state index is 12.0. The standard InChI is InChI=1S/C11H12N2O3/c14-10(15)7-13(9-3-4-9)11(16)8-2-1-5-12-6-8/h1-2,5-6,9H,3-4,7H2,(H,14,15). The average molecular weight is 220 g/mol. The molecule has 84 valence electrons. The molecule has 1 fully saturated rings.